The average Bonchev–Trinajstić information content (AvgIpc) is 3.03. The van der Waals surface area contributed by atoms with Gasteiger partial charge in [0.15, 0.2) is 0 Å². The summed E-state index contributed by atoms with van der Waals surface area (Å²) in [7, 11) is 9.39. The Kier molecular flexibility index (Phi) is 7.06. The standard InChI is InChI=1S/C29H42N2/c1-8-24-17-18-26-25-15-11-12-16-27(25)29(28(26)23-24,19-13-21-30(4,5)9-2)20-14-22-31(6,7)10-3/h1,8,11,15-18,23H,9-10,13-14,19-22H2,2-7H3/q+2. The zero-order valence-corrected chi connectivity index (χ0v) is 20.7. The summed E-state index contributed by atoms with van der Waals surface area (Å²) in [6.45, 7) is 15.3. The molecule has 3 rings (SSSR count). The van der Waals surface area contributed by atoms with E-state index in [0.717, 1.165) is 14.5 Å². The van der Waals surface area contributed by atoms with Crippen LogP contribution in [0.25, 0.3) is 11.6 Å². The molecule has 0 fully saturated rings. The van der Waals surface area contributed by atoms with Gasteiger partial charge in [-0.3, -0.25) is 6.58 Å². The molecular weight excluding hydrogens is 376 g/mol. The van der Waals surface area contributed by atoms with Gasteiger partial charge in [0.05, 0.1) is 77.0 Å². The third-order valence-electron chi connectivity index (χ3n) is 7.87. The predicted octanol–water partition coefficient (Wildman–Crippen LogP) is 5.82. The van der Waals surface area contributed by atoms with Crippen molar-refractivity contribution in [2.75, 3.05) is 54.4 Å². The molecule has 31 heavy (non-hydrogen) atoms. The molecule has 2 heteroatoms. The van der Waals surface area contributed by atoms with E-state index < -0.39 is 0 Å². The van der Waals surface area contributed by atoms with Crippen molar-refractivity contribution in [1.82, 2.24) is 0 Å². The number of allylic oxidation sites excluding steroid dienone is 6. The quantitative estimate of drug-likeness (QED) is 0.314. The lowest BCUT2D eigenvalue weighted by molar-refractivity contribution is -0.889. The first-order valence-electron chi connectivity index (χ1n) is 12.0. The van der Waals surface area contributed by atoms with Gasteiger partial charge in [-0.05, 0) is 45.1 Å². The minimum absolute atomic E-state index is 0.0585. The molecule has 0 saturated carbocycles. The minimum atomic E-state index is 0.0585. The van der Waals surface area contributed by atoms with Gasteiger partial charge in [-0.15, -0.1) is 12.1 Å². The fourth-order valence-corrected chi connectivity index (χ4v) is 5.10. The van der Waals surface area contributed by atoms with Gasteiger partial charge in [-0.2, -0.15) is 5.56 Å². The highest BCUT2D eigenvalue weighted by Crippen LogP contribution is 2.54. The molecule has 2 aliphatic rings. The summed E-state index contributed by atoms with van der Waals surface area (Å²) in [4.78, 5) is 0. The van der Waals surface area contributed by atoms with Crippen molar-refractivity contribution >= 4 is 11.6 Å². The van der Waals surface area contributed by atoms with Crippen LogP contribution in [0.15, 0.2) is 42.0 Å². The van der Waals surface area contributed by atoms with Gasteiger partial charge < -0.3 is 8.97 Å². The summed E-state index contributed by atoms with van der Waals surface area (Å²) in [5.74, 6) is 0. The molecule has 166 valence electrons. The zero-order chi connectivity index (χ0) is 22.7. The summed E-state index contributed by atoms with van der Waals surface area (Å²) in [5.41, 5.74) is 6.92. The molecule has 0 unspecified atom stereocenters. The van der Waals surface area contributed by atoms with E-state index in [1.54, 1.807) is 6.08 Å². The Balaban J connectivity index is 2.01. The molecule has 1 aromatic carbocycles. The van der Waals surface area contributed by atoms with Crippen molar-refractivity contribution in [1.29, 1.82) is 0 Å². The van der Waals surface area contributed by atoms with Gasteiger partial charge in [0, 0.05) is 11.6 Å². The Bertz CT molecular complexity index is 873. The second-order valence-electron chi connectivity index (χ2n) is 10.7. The highest BCUT2D eigenvalue weighted by molar-refractivity contribution is 5.89. The van der Waals surface area contributed by atoms with Gasteiger partial charge in [-0.1, -0.05) is 6.07 Å². The van der Waals surface area contributed by atoms with Gasteiger partial charge in [0.1, 0.15) is 12.2 Å². The fourth-order valence-electron chi connectivity index (χ4n) is 5.10. The summed E-state index contributed by atoms with van der Waals surface area (Å²) in [6, 6.07) is 6.80. The monoisotopic (exact) mass is 418 g/mol. The lowest BCUT2D eigenvalue weighted by Gasteiger charge is -2.35. The van der Waals surface area contributed by atoms with Crippen molar-refractivity contribution in [3.63, 3.8) is 0 Å². The SMILES string of the molecule is [CH-]=Cc1ccc2c(c1)C(CCC[N+](C)(C)CC)(CCC[N+](C)(C)CC)C1=C2C=C[C+]=C1. The van der Waals surface area contributed by atoms with Crippen LogP contribution in [0, 0.1) is 12.7 Å². The van der Waals surface area contributed by atoms with E-state index >= 15 is 0 Å². The van der Waals surface area contributed by atoms with Crippen LogP contribution in [0.4, 0.5) is 0 Å². The molecule has 0 atom stereocenters. The lowest BCUT2D eigenvalue weighted by Crippen LogP contribution is -2.42. The summed E-state index contributed by atoms with van der Waals surface area (Å²) in [5, 5.41) is 0. The van der Waals surface area contributed by atoms with E-state index in [9.17, 15) is 0 Å². The number of nitrogens with zero attached hydrogens (tertiary/aromatic N) is 2. The Morgan fingerprint density at radius 3 is 2.13 bits per heavy atom. The van der Waals surface area contributed by atoms with Crippen molar-refractivity contribution in [3.05, 3.63) is 71.3 Å². The van der Waals surface area contributed by atoms with E-state index in [1.165, 1.54) is 74.1 Å². The maximum Gasteiger partial charge on any atom is 0.107 e. The normalized spacial score (nSPS) is 16.8. The van der Waals surface area contributed by atoms with E-state index in [4.69, 9.17) is 6.58 Å². The van der Waals surface area contributed by atoms with Crippen molar-refractivity contribution < 1.29 is 8.97 Å². The van der Waals surface area contributed by atoms with Crippen LogP contribution < -0.4 is 0 Å². The molecule has 0 aromatic heterocycles. The third-order valence-corrected chi connectivity index (χ3v) is 7.87. The topological polar surface area (TPSA) is 0 Å². The molecule has 0 heterocycles. The van der Waals surface area contributed by atoms with E-state index in [1.807, 2.05) is 0 Å². The number of fused-ring (bicyclic) bond motifs is 2. The van der Waals surface area contributed by atoms with Crippen LogP contribution >= 0.6 is 0 Å². The molecule has 0 radical (unpaired) electrons. The fraction of sp³-hybridized carbons (Fsp3) is 0.517. The van der Waals surface area contributed by atoms with Crippen LogP contribution in [0.3, 0.4) is 0 Å². The number of quaternary nitrogens is 2. The molecule has 0 aliphatic heterocycles. The molecule has 0 bridgehead atoms. The van der Waals surface area contributed by atoms with Gasteiger partial charge in [0.2, 0.25) is 0 Å². The lowest BCUT2D eigenvalue weighted by atomic mass is 9.69. The highest BCUT2D eigenvalue weighted by atomic mass is 15.3. The van der Waals surface area contributed by atoms with Gasteiger partial charge in [0.25, 0.3) is 0 Å². The summed E-state index contributed by atoms with van der Waals surface area (Å²) in [6.07, 6.45) is 16.5. The Labute approximate surface area is 191 Å². The maximum atomic E-state index is 5.95. The van der Waals surface area contributed by atoms with Crippen molar-refractivity contribution in [2.24, 2.45) is 0 Å². The van der Waals surface area contributed by atoms with Crippen LogP contribution in [-0.4, -0.2) is 63.3 Å². The Hall–Kier alpha value is -1.99. The number of hydrogen-bond acceptors (Lipinski definition) is 0. The van der Waals surface area contributed by atoms with Gasteiger partial charge >= 0.3 is 0 Å². The smallest absolute Gasteiger partial charge is 0.107 e. The molecule has 0 amide bonds. The molecule has 0 spiro atoms. The van der Waals surface area contributed by atoms with Crippen LogP contribution in [0.2, 0.25) is 0 Å². The molecule has 2 aliphatic carbocycles. The van der Waals surface area contributed by atoms with Crippen LogP contribution in [0.1, 0.15) is 56.2 Å². The molecule has 2 nitrogen and oxygen atoms in total. The summed E-state index contributed by atoms with van der Waals surface area (Å²) >= 11 is 0. The first kappa shape index (κ1) is 23.7. The van der Waals surface area contributed by atoms with E-state index in [2.05, 4.69) is 84.5 Å². The number of hydrogen-bond donors (Lipinski definition) is 0. The molecular formula is C29H42N2+2. The van der Waals surface area contributed by atoms with E-state index in [0.29, 0.717) is 0 Å². The van der Waals surface area contributed by atoms with Crippen LogP contribution in [-0.2, 0) is 5.41 Å². The largest absolute Gasteiger partial charge is 0.329 e. The third kappa shape index (κ3) is 4.93. The highest BCUT2D eigenvalue weighted by Gasteiger charge is 2.48. The summed E-state index contributed by atoms with van der Waals surface area (Å²) < 4.78 is 2.15. The first-order chi connectivity index (χ1) is 14.7. The Morgan fingerprint density at radius 1 is 0.968 bits per heavy atom. The van der Waals surface area contributed by atoms with Gasteiger partial charge in [-0.25, -0.2) is 6.08 Å². The first-order valence-corrected chi connectivity index (χ1v) is 12.0. The maximum absolute atomic E-state index is 5.95. The van der Waals surface area contributed by atoms with Crippen molar-refractivity contribution in [3.8, 4) is 0 Å². The van der Waals surface area contributed by atoms with Crippen molar-refractivity contribution in [2.45, 2.75) is 44.9 Å². The van der Waals surface area contributed by atoms with E-state index in [-0.39, 0.29) is 5.41 Å². The predicted molar refractivity (Wildman–Crippen MR) is 134 cm³/mol. The average molecular weight is 419 g/mol. The second kappa shape index (κ2) is 9.25. The zero-order valence-electron chi connectivity index (χ0n) is 20.7. The van der Waals surface area contributed by atoms with Crippen LogP contribution in [0.5, 0.6) is 0 Å². The second-order valence-corrected chi connectivity index (χ2v) is 10.7. The number of benzene rings is 1. The Morgan fingerprint density at radius 2 is 1.58 bits per heavy atom. The molecule has 1 aromatic rings. The molecule has 0 saturated heterocycles. The minimum Gasteiger partial charge on any atom is -0.329 e. The molecule has 0 N–H and O–H groups in total. The number of rotatable bonds is 11.